The lowest BCUT2D eigenvalue weighted by molar-refractivity contribution is -0.122. The highest BCUT2D eigenvalue weighted by Crippen LogP contribution is 2.29. The van der Waals surface area contributed by atoms with Gasteiger partial charge in [0.1, 0.15) is 0 Å². The Morgan fingerprint density at radius 2 is 2.08 bits per heavy atom. The Morgan fingerprint density at radius 1 is 1.33 bits per heavy atom. The summed E-state index contributed by atoms with van der Waals surface area (Å²) < 4.78 is 5.67. The molecule has 24 heavy (non-hydrogen) atoms. The number of aliphatic hydroxyl groups is 1. The monoisotopic (exact) mass is 348 g/mol. The maximum Gasteiger partial charge on any atom is 0.220 e. The first-order valence-electron chi connectivity index (χ1n) is 8.24. The molecule has 3 rings (SSSR count). The standard InChI is InChI=1S/C18H21ClN2O3/c19-14-6-2-1-5-13(14)15-11-20-17(24-15)8-7-16(22)21-12-18(23)9-3-4-10-18/h1-2,5-6,11,23H,3-4,7-10,12H2,(H,21,22). The Bertz CT molecular complexity index is 708. The molecule has 1 aliphatic carbocycles. The van der Waals surface area contributed by atoms with Crippen LogP contribution in [-0.2, 0) is 11.2 Å². The van der Waals surface area contributed by atoms with E-state index in [2.05, 4.69) is 10.3 Å². The zero-order valence-corrected chi connectivity index (χ0v) is 14.2. The van der Waals surface area contributed by atoms with Gasteiger partial charge in [-0.15, -0.1) is 0 Å². The molecule has 0 bridgehead atoms. The molecule has 1 heterocycles. The molecule has 128 valence electrons. The van der Waals surface area contributed by atoms with Crippen molar-refractivity contribution in [3.63, 3.8) is 0 Å². The van der Waals surface area contributed by atoms with Gasteiger partial charge >= 0.3 is 0 Å². The van der Waals surface area contributed by atoms with E-state index >= 15 is 0 Å². The van der Waals surface area contributed by atoms with Gasteiger partial charge < -0.3 is 14.8 Å². The molecule has 0 spiro atoms. The molecule has 2 aromatic rings. The van der Waals surface area contributed by atoms with Crippen LogP contribution in [0.1, 0.15) is 38.0 Å². The molecule has 0 unspecified atom stereocenters. The van der Waals surface area contributed by atoms with Gasteiger partial charge in [-0.3, -0.25) is 4.79 Å². The molecule has 5 nitrogen and oxygen atoms in total. The molecule has 2 N–H and O–H groups in total. The van der Waals surface area contributed by atoms with Crippen molar-refractivity contribution < 1.29 is 14.3 Å². The number of carbonyl (C=O) groups excluding carboxylic acids is 1. The SMILES string of the molecule is O=C(CCc1ncc(-c2ccccc2Cl)o1)NCC1(O)CCCC1. The molecule has 6 heteroatoms. The van der Waals surface area contributed by atoms with Gasteiger partial charge in [0, 0.05) is 24.9 Å². The van der Waals surface area contributed by atoms with Gasteiger partial charge in [0.05, 0.1) is 16.8 Å². The van der Waals surface area contributed by atoms with E-state index in [0.29, 0.717) is 29.6 Å². The normalized spacial score (nSPS) is 16.2. The highest BCUT2D eigenvalue weighted by molar-refractivity contribution is 6.33. The van der Waals surface area contributed by atoms with Crippen molar-refractivity contribution >= 4 is 17.5 Å². The van der Waals surface area contributed by atoms with Crippen LogP contribution in [0.2, 0.25) is 5.02 Å². The maximum atomic E-state index is 11.9. The van der Waals surface area contributed by atoms with Crippen LogP contribution in [-0.4, -0.2) is 28.1 Å². The number of carbonyl (C=O) groups is 1. The smallest absolute Gasteiger partial charge is 0.220 e. The van der Waals surface area contributed by atoms with E-state index in [0.717, 1.165) is 31.2 Å². The molecular weight excluding hydrogens is 328 g/mol. The van der Waals surface area contributed by atoms with Gasteiger partial charge in [0.15, 0.2) is 11.7 Å². The number of nitrogens with one attached hydrogen (secondary N) is 1. The largest absolute Gasteiger partial charge is 0.441 e. The third-order valence-electron chi connectivity index (χ3n) is 4.41. The summed E-state index contributed by atoms with van der Waals surface area (Å²) in [4.78, 5) is 16.1. The van der Waals surface area contributed by atoms with Crippen LogP contribution in [0.3, 0.4) is 0 Å². The fourth-order valence-corrected chi connectivity index (χ4v) is 3.22. The Hall–Kier alpha value is -1.85. The lowest BCUT2D eigenvalue weighted by Gasteiger charge is -2.22. The second-order valence-corrected chi connectivity index (χ2v) is 6.71. The molecule has 1 amide bonds. The number of benzene rings is 1. The van der Waals surface area contributed by atoms with Crippen LogP contribution in [0.5, 0.6) is 0 Å². The highest BCUT2D eigenvalue weighted by atomic mass is 35.5. The van der Waals surface area contributed by atoms with Crippen molar-refractivity contribution in [3.05, 3.63) is 41.4 Å². The van der Waals surface area contributed by atoms with E-state index in [1.165, 1.54) is 0 Å². The van der Waals surface area contributed by atoms with E-state index in [-0.39, 0.29) is 12.3 Å². The number of rotatable bonds is 6. The van der Waals surface area contributed by atoms with E-state index in [1.54, 1.807) is 12.3 Å². The second kappa shape index (κ2) is 7.36. The number of halogens is 1. The Balaban J connectivity index is 1.50. The number of nitrogens with zero attached hydrogens (tertiary/aromatic N) is 1. The van der Waals surface area contributed by atoms with Gasteiger partial charge in [0.25, 0.3) is 0 Å². The van der Waals surface area contributed by atoms with Crippen molar-refractivity contribution in [1.82, 2.24) is 10.3 Å². The summed E-state index contributed by atoms with van der Waals surface area (Å²) in [5, 5.41) is 13.6. The molecule has 1 saturated carbocycles. The van der Waals surface area contributed by atoms with Crippen molar-refractivity contribution in [1.29, 1.82) is 0 Å². The third-order valence-corrected chi connectivity index (χ3v) is 4.74. The molecule has 0 aliphatic heterocycles. The van der Waals surface area contributed by atoms with Crippen LogP contribution in [0.15, 0.2) is 34.9 Å². The lowest BCUT2D eigenvalue weighted by Crippen LogP contribution is -2.40. The number of amides is 1. The average molecular weight is 349 g/mol. The van der Waals surface area contributed by atoms with Crippen LogP contribution in [0, 0.1) is 0 Å². The van der Waals surface area contributed by atoms with Crippen LogP contribution in [0.25, 0.3) is 11.3 Å². The minimum atomic E-state index is -0.726. The van der Waals surface area contributed by atoms with E-state index in [4.69, 9.17) is 16.0 Å². The highest BCUT2D eigenvalue weighted by Gasteiger charge is 2.31. The molecule has 0 radical (unpaired) electrons. The number of aromatic nitrogens is 1. The first kappa shape index (κ1) is 17.0. The lowest BCUT2D eigenvalue weighted by atomic mass is 10.0. The number of hydrogen-bond acceptors (Lipinski definition) is 4. The van der Waals surface area contributed by atoms with Crippen molar-refractivity contribution in [2.45, 2.75) is 44.1 Å². The quantitative estimate of drug-likeness (QED) is 0.839. The number of oxazole rings is 1. The minimum absolute atomic E-state index is 0.104. The van der Waals surface area contributed by atoms with Gasteiger partial charge in [-0.1, -0.05) is 36.6 Å². The van der Waals surface area contributed by atoms with Crippen LogP contribution in [0.4, 0.5) is 0 Å². The van der Waals surface area contributed by atoms with Crippen LogP contribution < -0.4 is 5.32 Å². The Morgan fingerprint density at radius 3 is 2.83 bits per heavy atom. The maximum absolute atomic E-state index is 11.9. The van der Waals surface area contributed by atoms with Crippen LogP contribution >= 0.6 is 11.6 Å². The summed E-state index contributed by atoms with van der Waals surface area (Å²) in [6, 6.07) is 7.39. The second-order valence-electron chi connectivity index (χ2n) is 6.31. The molecule has 1 aliphatic rings. The first-order valence-corrected chi connectivity index (χ1v) is 8.62. The van der Waals surface area contributed by atoms with Crippen molar-refractivity contribution in [2.24, 2.45) is 0 Å². The minimum Gasteiger partial charge on any atom is -0.441 e. The predicted octanol–water partition coefficient (Wildman–Crippen LogP) is 3.35. The summed E-state index contributed by atoms with van der Waals surface area (Å²) >= 11 is 6.14. The fraction of sp³-hybridized carbons (Fsp3) is 0.444. The molecular formula is C18H21ClN2O3. The fourth-order valence-electron chi connectivity index (χ4n) is 2.99. The van der Waals surface area contributed by atoms with Gasteiger partial charge in [0.2, 0.25) is 5.91 Å². The zero-order valence-electron chi connectivity index (χ0n) is 13.4. The molecule has 0 atom stereocenters. The summed E-state index contributed by atoms with van der Waals surface area (Å²) in [5.74, 6) is 0.990. The third kappa shape index (κ3) is 4.16. The zero-order chi connectivity index (χ0) is 17.0. The van der Waals surface area contributed by atoms with Gasteiger partial charge in [-0.25, -0.2) is 4.98 Å². The summed E-state index contributed by atoms with van der Waals surface area (Å²) in [5.41, 5.74) is 0.0568. The molecule has 1 fully saturated rings. The van der Waals surface area contributed by atoms with E-state index in [9.17, 15) is 9.90 Å². The summed E-state index contributed by atoms with van der Waals surface area (Å²) in [6.45, 7) is 0.322. The molecule has 0 saturated heterocycles. The molecule has 1 aromatic heterocycles. The Kier molecular flexibility index (Phi) is 5.21. The van der Waals surface area contributed by atoms with E-state index in [1.807, 2.05) is 18.2 Å². The summed E-state index contributed by atoms with van der Waals surface area (Å²) in [7, 11) is 0. The van der Waals surface area contributed by atoms with Crippen molar-refractivity contribution in [3.8, 4) is 11.3 Å². The number of hydrogen-bond donors (Lipinski definition) is 2. The van der Waals surface area contributed by atoms with Gasteiger partial charge in [-0.2, -0.15) is 0 Å². The van der Waals surface area contributed by atoms with Crippen molar-refractivity contribution in [2.75, 3.05) is 6.54 Å². The topological polar surface area (TPSA) is 75.4 Å². The summed E-state index contributed by atoms with van der Waals surface area (Å²) in [6.07, 6.45) is 5.87. The predicted molar refractivity (Wildman–Crippen MR) is 91.7 cm³/mol. The number of aryl methyl sites for hydroxylation is 1. The first-order chi connectivity index (χ1) is 11.6. The average Bonchev–Trinajstić information content (AvgIpc) is 3.21. The van der Waals surface area contributed by atoms with E-state index < -0.39 is 5.60 Å². The van der Waals surface area contributed by atoms with Gasteiger partial charge in [-0.05, 0) is 25.0 Å². The molecule has 1 aromatic carbocycles. The Labute approximate surface area is 146 Å².